The van der Waals surface area contributed by atoms with Gasteiger partial charge in [-0.2, -0.15) is 0 Å². The Morgan fingerprint density at radius 1 is 1.32 bits per heavy atom. The maximum Gasteiger partial charge on any atom is 0.174 e. The fourth-order valence-electron chi connectivity index (χ4n) is 1.64. The van der Waals surface area contributed by atoms with Gasteiger partial charge in [0.15, 0.2) is 23.0 Å². The molecule has 0 fully saturated rings. The van der Waals surface area contributed by atoms with Gasteiger partial charge in [-0.25, -0.2) is 0 Å². The number of ketones is 1. The van der Waals surface area contributed by atoms with E-state index in [1.807, 2.05) is 6.92 Å². The summed E-state index contributed by atoms with van der Waals surface area (Å²) in [6.07, 6.45) is 0. The minimum Gasteiger partial charge on any atom is -0.493 e. The number of hydrogen-bond acceptors (Lipinski definition) is 5. The number of carbonyl (C=O) groups is 1. The van der Waals surface area contributed by atoms with Crippen LogP contribution in [0.5, 0.6) is 11.5 Å². The number of aryl methyl sites for hydroxylation is 1. The van der Waals surface area contributed by atoms with Gasteiger partial charge >= 0.3 is 0 Å². The molecule has 0 atom stereocenters. The molecule has 100 valence electrons. The first kappa shape index (κ1) is 13.1. The fraction of sp³-hybridized carbons (Fsp3) is 0.286. The molecule has 1 aromatic carbocycles. The van der Waals surface area contributed by atoms with Gasteiger partial charge in [0.2, 0.25) is 0 Å². The van der Waals surface area contributed by atoms with E-state index in [2.05, 4.69) is 5.16 Å². The summed E-state index contributed by atoms with van der Waals surface area (Å²) in [5.41, 5.74) is 1.39. The minimum absolute atomic E-state index is 0.0179. The molecule has 19 heavy (non-hydrogen) atoms. The third kappa shape index (κ3) is 3.13. The average Bonchev–Trinajstić information content (AvgIpc) is 2.81. The van der Waals surface area contributed by atoms with Crippen LogP contribution >= 0.6 is 0 Å². The van der Waals surface area contributed by atoms with Gasteiger partial charge in [-0.3, -0.25) is 4.79 Å². The molecule has 1 aromatic heterocycles. The number of carbonyl (C=O) groups excluding carboxylic acids is 1. The van der Waals surface area contributed by atoms with Crippen LogP contribution in [0.25, 0.3) is 0 Å². The number of aromatic nitrogens is 1. The lowest BCUT2D eigenvalue weighted by molar-refractivity contribution is 0.101. The van der Waals surface area contributed by atoms with Crippen LogP contribution in [-0.4, -0.2) is 18.0 Å². The number of rotatable bonds is 5. The van der Waals surface area contributed by atoms with E-state index in [0.717, 1.165) is 5.69 Å². The summed E-state index contributed by atoms with van der Waals surface area (Å²) in [6.45, 7) is 3.61. The summed E-state index contributed by atoms with van der Waals surface area (Å²) in [4.78, 5) is 11.3. The summed E-state index contributed by atoms with van der Waals surface area (Å²) in [7, 11) is 1.53. The molecule has 2 aromatic rings. The predicted octanol–water partition coefficient (Wildman–Crippen LogP) is 2.77. The Hall–Kier alpha value is -2.30. The zero-order valence-corrected chi connectivity index (χ0v) is 11.1. The van der Waals surface area contributed by atoms with Gasteiger partial charge in [0.1, 0.15) is 6.61 Å². The van der Waals surface area contributed by atoms with Crippen molar-refractivity contribution in [1.82, 2.24) is 5.16 Å². The second kappa shape index (κ2) is 5.56. The largest absolute Gasteiger partial charge is 0.493 e. The highest BCUT2D eigenvalue weighted by atomic mass is 16.5. The highest BCUT2D eigenvalue weighted by molar-refractivity contribution is 5.94. The molecule has 1 heterocycles. The van der Waals surface area contributed by atoms with Gasteiger partial charge in [0, 0.05) is 11.6 Å². The minimum atomic E-state index is -0.0179. The Bertz CT molecular complexity index is 589. The Balaban J connectivity index is 2.13. The molecule has 0 unspecified atom stereocenters. The quantitative estimate of drug-likeness (QED) is 0.774. The van der Waals surface area contributed by atoms with E-state index < -0.39 is 0 Å². The first-order valence-electron chi connectivity index (χ1n) is 5.84. The van der Waals surface area contributed by atoms with Crippen LogP contribution in [0.3, 0.4) is 0 Å². The number of benzene rings is 1. The second-order valence-electron chi connectivity index (χ2n) is 4.15. The Morgan fingerprint density at radius 2 is 2.11 bits per heavy atom. The van der Waals surface area contributed by atoms with E-state index in [1.165, 1.54) is 14.0 Å². The molecular formula is C14H15NO4. The van der Waals surface area contributed by atoms with E-state index in [0.29, 0.717) is 22.8 Å². The normalized spacial score (nSPS) is 10.3. The first-order chi connectivity index (χ1) is 9.10. The summed E-state index contributed by atoms with van der Waals surface area (Å²) in [5, 5.41) is 3.78. The van der Waals surface area contributed by atoms with Crippen LogP contribution in [-0.2, 0) is 6.61 Å². The lowest BCUT2D eigenvalue weighted by Crippen LogP contribution is -1.99. The van der Waals surface area contributed by atoms with Crippen molar-refractivity contribution in [3.63, 3.8) is 0 Å². The van der Waals surface area contributed by atoms with Crippen molar-refractivity contribution in [3.05, 3.63) is 41.3 Å². The molecule has 0 spiro atoms. The third-order valence-corrected chi connectivity index (χ3v) is 2.62. The van der Waals surface area contributed by atoms with Crippen molar-refractivity contribution in [3.8, 4) is 11.5 Å². The number of nitrogens with zero attached hydrogens (tertiary/aromatic N) is 1. The maximum atomic E-state index is 11.3. The second-order valence-corrected chi connectivity index (χ2v) is 4.15. The fourth-order valence-corrected chi connectivity index (χ4v) is 1.64. The molecule has 0 saturated carbocycles. The molecule has 0 aliphatic carbocycles. The van der Waals surface area contributed by atoms with Gasteiger partial charge in [-0.15, -0.1) is 0 Å². The van der Waals surface area contributed by atoms with Gasteiger partial charge in [0.25, 0.3) is 0 Å². The Morgan fingerprint density at radius 3 is 2.68 bits per heavy atom. The highest BCUT2D eigenvalue weighted by Gasteiger charge is 2.09. The van der Waals surface area contributed by atoms with Crippen molar-refractivity contribution in [1.29, 1.82) is 0 Å². The van der Waals surface area contributed by atoms with Gasteiger partial charge < -0.3 is 14.0 Å². The molecule has 0 radical (unpaired) electrons. The number of hydrogen-bond donors (Lipinski definition) is 0. The smallest absolute Gasteiger partial charge is 0.174 e. The lowest BCUT2D eigenvalue weighted by atomic mass is 10.1. The lowest BCUT2D eigenvalue weighted by Gasteiger charge is -2.10. The van der Waals surface area contributed by atoms with Crippen LogP contribution in [0.1, 0.15) is 28.7 Å². The molecule has 0 bridgehead atoms. The Kier molecular flexibility index (Phi) is 3.85. The highest BCUT2D eigenvalue weighted by Crippen LogP contribution is 2.29. The molecule has 0 N–H and O–H groups in total. The van der Waals surface area contributed by atoms with Crippen molar-refractivity contribution in [2.24, 2.45) is 0 Å². The topological polar surface area (TPSA) is 61.6 Å². The van der Waals surface area contributed by atoms with Crippen molar-refractivity contribution >= 4 is 5.78 Å². The summed E-state index contributed by atoms with van der Waals surface area (Å²) >= 11 is 0. The first-order valence-corrected chi connectivity index (χ1v) is 5.84. The molecule has 5 heteroatoms. The van der Waals surface area contributed by atoms with Crippen molar-refractivity contribution in [2.45, 2.75) is 20.5 Å². The Labute approximate surface area is 111 Å². The molecule has 5 nitrogen and oxygen atoms in total. The van der Waals surface area contributed by atoms with E-state index in [1.54, 1.807) is 24.3 Å². The summed E-state index contributed by atoms with van der Waals surface area (Å²) in [6, 6.07) is 6.87. The van der Waals surface area contributed by atoms with Crippen molar-refractivity contribution in [2.75, 3.05) is 7.11 Å². The zero-order chi connectivity index (χ0) is 13.8. The van der Waals surface area contributed by atoms with Gasteiger partial charge in [0.05, 0.1) is 12.8 Å². The summed E-state index contributed by atoms with van der Waals surface area (Å²) < 4.78 is 15.8. The van der Waals surface area contributed by atoms with E-state index >= 15 is 0 Å². The monoisotopic (exact) mass is 261 g/mol. The molecule has 0 aliphatic rings. The molecule has 2 rings (SSSR count). The molecule has 0 aliphatic heterocycles. The zero-order valence-electron chi connectivity index (χ0n) is 11.1. The number of methoxy groups -OCH3 is 1. The summed E-state index contributed by atoms with van der Waals surface area (Å²) in [5.74, 6) is 1.69. The van der Waals surface area contributed by atoms with Gasteiger partial charge in [-0.1, -0.05) is 5.16 Å². The molecular weight excluding hydrogens is 246 g/mol. The number of Topliss-reactive ketones (excluding diaryl/α,β-unsaturated/α-hetero) is 1. The standard InChI is InChI=1S/C14H15NO4/c1-9-6-12(19-15-9)8-18-13-5-4-11(10(2)16)7-14(13)17-3/h4-7H,8H2,1-3H3. The predicted molar refractivity (Wildman–Crippen MR) is 68.6 cm³/mol. The van der Waals surface area contributed by atoms with E-state index in [4.69, 9.17) is 14.0 Å². The van der Waals surface area contributed by atoms with Crippen LogP contribution in [0.4, 0.5) is 0 Å². The van der Waals surface area contributed by atoms with Crippen LogP contribution < -0.4 is 9.47 Å². The van der Waals surface area contributed by atoms with Crippen molar-refractivity contribution < 1.29 is 18.8 Å². The van der Waals surface area contributed by atoms with E-state index in [9.17, 15) is 4.79 Å². The van der Waals surface area contributed by atoms with Crippen LogP contribution in [0.2, 0.25) is 0 Å². The van der Waals surface area contributed by atoms with E-state index in [-0.39, 0.29) is 12.4 Å². The molecule has 0 saturated heterocycles. The third-order valence-electron chi connectivity index (χ3n) is 2.62. The maximum absolute atomic E-state index is 11.3. The average molecular weight is 261 g/mol. The van der Waals surface area contributed by atoms with Gasteiger partial charge in [-0.05, 0) is 32.0 Å². The van der Waals surface area contributed by atoms with Crippen LogP contribution in [0, 0.1) is 6.92 Å². The molecule has 0 amide bonds. The van der Waals surface area contributed by atoms with Crippen LogP contribution in [0.15, 0.2) is 28.8 Å². The SMILES string of the molecule is COc1cc(C(C)=O)ccc1OCc1cc(C)no1. The number of ether oxygens (including phenoxy) is 2.